The van der Waals surface area contributed by atoms with Crippen molar-refractivity contribution in [1.82, 2.24) is 4.90 Å². The smallest absolute Gasteiger partial charge is 0.306 e. The molecule has 15 heavy (non-hydrogen) atoms. The molecule has 1 fully saturated rings. The third-order valence-corrected chi connectivity index (χ3v) is 2.83. The van der Waals surface area contributed by atoms with Gasteiger partial charge in [0, 0.05) is 6.42 Å². The monoisotopic (exact) mass is 214 g/mol. The molecule has 0 spiro atoms. The summed E-state index contributed by atoms with van der Waals surface area (Å²) in [5.41, 5.74) is 5.03. The van der Waals surface area contributed by atoms with Crippen LogP contribution >= 0.6 is 0 Å². The normalized spacial score (nSPS) is 18.9. The average Bonchev–Trinajstić information content (AvgIpc) is 2.18. The highest BCUT2D eigenvalue weighted by Gasteiger charge is 2.23. The number of likely N-dealkylation sites (tertiary alicyclic amines) is 1. The van der Waals surface area contributed by atoms with Crippen LogP contribution in [0.3, 0.4) is 0 Å². The predicted octanol–water partition coefficient (Wildman–Crippen LogP) is 0.0485. The van der Waals surface area contributed by atoms with Gasteiger partial charge in [-0.3, -0.25) is 9.59 Å². The molecular formula is C10H18N2O3. The fraction of sp³-hybridized carbons (Fsp3) is 0.800. The number of aliphatic carboxylic acids is 1. The molecule has 1 heterocycles. The molecule has 1 saturated heterocycles. The van der Waals surface area contributed by atoms with Crippen LogP contribution < -0.4 is 5.73 Å². The Morgan fingerprint density at radius 1 is 1.33 bits per heavy atom. The van der Waals surface area contributed by atoms with Crippen LogP contribution in [0, 0.1) is 5.92 Å². The van der Waals surface area contributed by atoms with E-state index in [1.165, 1.54) is 0 Å². The van der Waals surface area contributed by atoms with Gasteiger partial charge in [-0.15, -0.1) is 0 Å². The number of hydrogen-bond acceptors (Lipinski definition) is 3. The van der Waals surface area contributed by atoms with Gasteiger partial charge < -0.3 is 15.7 Å². The summed E-state index contributed by atoms with van der Waals surface area (Å²) in [5, 5.41) is 8.79. The molecule has 0 radical (unpaired) electrons. The lowest BCUT2D eigenvalue weighted by molar-refractivity contribution is -0.143. The van der Waals surface area contributed by atoms with Crippen LogP contribution in [0.15, 0.2) is 0 Å². The van der Waals surface area contributed by atoms with Crippen LogP contribution in [0.4, 0.5) is 0 Å². The summed E-state index contributed by atoms with van der Waals surface area (Å²) in [4.78, 5) is 23.4. The number of hydrogen-bond donors (Lipinski definition) is 2. The van der Waals surface area contributed by atoms with Crippen molar-refractivity contribution in [1.29, 1.82) is 0 Å². The second-order valence-electron chi connectivity index (χ2n) is 4.02. The number of carboxylic acids is 1. The van der Waals surface area contributed by atoms with Crippen LogP contribution in [0.2, 0.25) is 0 Å². The van der Waals surface area contributed by atoms with Crippen molar-refractivity contribution in [3.63, 3.8) is 0 Å². The number of nitrogens with zero attached hydrogens (tertiary/aromatic N) is 1. The SMILES string of the molecule is NC(=O)CCCN1CCC(C(=O)O)CC1. The molecule has 0 aromatic carbocycles. The first-order chi connectivity index (χ1) is 7.09. The van der Waals surface area contributed by atoms with Crippen LogP contribution in [0.1, 0.15) is 25.7 Å². The van der Waals surface area contributed by atoms with E-state index in [0.717, 1.165) is 26.1 Å². The maximum absolute atomic E-state index is 10.7. The number of carbonyl (C=O) groups excluding carboxylic acids is 1. The average molecular weight is 214 g/mol. The number of primary amides is 1. The summed E-state index contributed by atoms with van der Waals surface area (Å²) in [6.45, 7) is 2.47. The van der Waals surface area contributed by atoms with E-state index in [1.54, 1.807) is 0 Å². The Labute approximate surface area is 89.2 Å². The Balaban J connectivity index is 2.14. The first-order valence-electron chi connectivity index (χ1n) is 5.33. The van der Waals surface area contributed by atoms with Gasteiger partial charge in [0.25, 0.3) is 0 Å². The van der Waals surface area contributed by atoms with Gasteiger partial charge in [-0.2, -0.15) is 0 Å². The van der Waals surface area contributed by atoms with Gasteiger partial charge in [-0.1, -0.05) is 0 Å². The third-order valence-electron chi connectivity index (χ3n) is 2.83. The topological polar surface area (TPSA) is 83.6 Å². The van der Waals surface area contributed by atoms with Crippen LogP contribution in [0.5, 0.6) is 0 Å². The van der Waals surface area contributed by atoms with E-state index in [2.05, 4.69) is 4.90 Å². The lowest BCUT2D eigenvalue weighted by Crippen LogP contribution is -2.37. The minimum atomic E-state index is -0.688. The van der Waals surface area contributed by atoms with Crippen molar-refractivity contribution in [2.45, 2.75) is 25.7 Å². The molecule has 1 rings (SSSR count). The number of nitrogens with two attached hydrogens (primary N) is 1. The lowest BCUT2D eigenvalue weighted by Gasteiger charge is -2.29. The summed E-state index contributed by atoms with van der Waals surface area (Å²) in [6, 6.07) is 0. The Bertz CT molecular complexity index is 232. The Morgan fingerprint density at radius 2 is 1.93 bits per heavy atom. The largest absolute Gasteiger partial charge is 0.481 e. The molecule has 0 aromatic heterocycles. The first-order valence-corrected chi connectivity index (χ1v) is 5.33. The fourth-order valence-electron chi connectivity index (χ4n) is 1.88. The van der Waals surface area contributed by atoms with Crippen LogP contribution in [-0.4, -0.2) is 41.5 Å². The maximum Gasteiger partial charge on any atom is 0.306 e. The molecule has 0 unspecified atom stereocenters. The molecule has 0 bridgehead atoms. The minimum Gasteiger partial charge on any atom is -0.481 e. The zero-order valence-corrected chi connectivity index (χ0v) is 8.82. The second kappa shape index (κ2) is 5.70. The number of rotatable bonds is 5. The summed E-state index contributed by atoms with van der Waals surface area (Å²) < 4.78 is 0. The molecule has 0 aliphatic carbocycles. The zero-order chi connectivity index (χ0) is 11.3. The van der Waals surface area contributed by atoms with Crippen molar-refractivity contribution >= 4 is 11.9 Å². The lowest BCUT2D eigenvalue weighted by atomic mass is 9.97. The van der Waals surface area contributed by atoms with Crippen molar-refractivity contribution in [3.8, 4) is 0 Å². The van der Waals surface area contributed by atoms with E-state index in [0.29, 0.717) is 19.3 Å². The van der Waals surface area contributed by atoms with Crippen LogP contribution in [0.25, 0.3) is 0 Å². The van der Waals surface area contributed by atoms with Gasteiger partial charge in [0.1, 0.15) is 0 Å². The molecule has 5 heteroatoms. The number of carbonyl (C=O) groups is 2. The molecule has 86 valence electrons. The molecule has 1 amide bonds. The third kappa shape index (κ3) is 4.29. The van der Waals surface area contributed by atoms with Crippen molar-refractivity contribution < 1.29 is 14.7 Å². The van der Waals surface area contributed by atoms with Crippen molar-refractivity contribution in [3.05, 3.63) is 0 Å². The number of amides is 1. The summed E-state index contributed by atoms with van der Waals surface area (Å²) in [5.74, 6) is -1.14. The highest BCUT2D eigenvalue weighted by Crippen LogP contribution is 2.17. The standard InChI is InChI=1S/C10H18N2O3/c11-9(13)2-1-5-12-6-3-8(4-7-12)10(14)15/h8H,1-7H2,(H2,11,13)(H,14,15). The summed E-state index contributed by atoms with van der Waals surface area (Å²) in [6.07, 6.45) is 2.61. The maximum atomic E-state index is 10.7. The molecule has 0 atom stereocenters. The van der Waals surface area contributed by atoms with E-state index < -0.39 is 5.97 Å². The van der Waals surface area contributed by atoms with Crippen molar-refractivity contribution in [2.24, 2.45) is 11.7 Å². The van der Waals surface area contributed by atoms with E-state index in [1.807, 2.05) is 0 Å². The molecule has 1 aliphatic heterocycles. The first kappa shape index (κ1) is 12.0. The minimum absolute atomic E-state index is 0.183. The van der Waals surface area contributed by atoms with Crippen LogP contribution in [-0.2, 0) is 9.59 Å². The Morgan fingerprint density at radius 3 is 2.40 bits per heavy atom. The highest BCUT2D eigenvalue weighted by molar-refractivity contribution is 5.73. The van der Waals surface area contributed by atoms with Crippen molar-refractivity contribution in [2.75, 3.05) is 19.6 Å². The van der Waals surface area contributed by atoms with E-state index in [-0.39, 0.29) is 11.8 Å². The van der Waals surface area contributed by atoms with Gasteiger partial charge in [-0.05, 0) is 38.9 Å². The fourth-order valence-corrected chi connectivity index (χ4v) is 1.88. The Hall–Kier alpha value is -1.10. The molecule has 0 saturated carbocycles. The summed E-state index contributed by atoms with van der Waals surface area (Å²) >= 11 is 0. The van der Waals surface area contributed by atoms with Gasteiger partial charge in [-0.25, -0.2) is 0 Å². The second-order valence-corrected chi connectivity index (χ2v) is 4.02. The summed E-state index contributed by atoms with van der Waals surface area (Å²) in [7, 11) is 0. The molecule has 1 aliphatic rings. The molecule has 5 nitrogen and oxygen atoms in total. The van der Waals surface area contributed by atoms with E-state index in [4.69, 9.17) is 10.8 Å². The van der Waals surface area contributed by atoms with Gasteiger partial charge in [0.05, 0.1) is 5.92 Å². The van der Waals surface area contributed by atoms with E-state index >= 15 is 0 Å². The molecule has 0 aromatic rings. The quantitative estimate of drug-likeness (QED) is 0.677. The predicted molar refractivity (Wildman–Crippen MR) is 55.2 cm³/mol. The zero-order valence-electron chi connectivity index (χ0n) is 8.82. The van der Waals surface area contributed by atoms with Gasteiger partial charge in [0.2, 0.25) is 5.91 Å². The number of carboxylic acid groups (broad SMARTS) is 1. The number of piperidine rings is 1. The van der Waals surface area contributed by atoms with Gasteiger partial charge >= 0.3 is 5.97 Å². The molecular weight excluding hydrogens is 196 g/mol. The Kier molecular flexibility index (Phi) is 4.55. The van der Waals surface area contributed by atoms with E-state index in [9.17, 15) is 9.59 Å². The van der Waals surface area contributed by atoms with Gasteiger partial charge in [0.15, 0.2) is 0 Å². The molecule has 3 N–H and O–H groups in total. The highest BCUT2D eigenvalue weighted by atomic mass is 16.4.